The molecular formula is C16H27NO. The van der Waals surface area contributed by atoms with Crippen LogP contribution in [0.15, 0.2) is 12.2 Å². The van der Waals surface area contributed by atoms with E-state index in [0.29, 0.717) is 11.5 Å². The largest absolute Gasteiger partial charge is 0.381 e. The molecule has 1 heterocycles. The minimum absolute atomic E-state index is 0.458. The van der Waals surface area contributed by atoms with E-state index >= 15 is 0 Å². The van der Waals surface area contributed by atoms with Crippen LogP contribution in [0.25, 0.3) is 0 Å². The smallest absolute Gasteiger partial charge is 0.0471 e. The third kappa shape index (κ3) is 2.50. The van der Waals surface area contributed by atoms with Crippen LogP contribution in [-0.4, -0.2) is 25.8 Å². The van der Waals surface area contributed by atoms with Crippen molar-refractivity contribution in [2.24, 2.45) is 23.2 Å². The number of allylic oxidation sites excluding steroid dienone is 2. The topological polar surface area (TPSA) is 21.3 Å². The molecule has 102 valence electrons. The van der Waals surface area contributed by atoms with E-state index < -0.39 is 0 Å². The van der Waals surface area contributed by atoms with Gasteiger partial charge < -0.3 is 10.1 Å². The fourth-order valence-electron chi connectivity index (χ4n) is 4.00. The lowest BCUT2D eigenvalue weighted by molar-refractivity contribution is 0.0220. The Hall–Kier alpha value is -0.340. The highest BCUT2D eigenvalue weighted by atomic mass is 16.5. The highest BCUT2D eigenvalue weighted by molar-refractivity contribution is 5.11. The maximum atomic E-state index is 5.47. The van der Waals surface area contributed by atoms with Gasteiger partial charge >= 0.3 is 0 Å². The predicted octanol–water partition coefficient (Wildman–Crippen LogP) is 2.99. The molecule has 0 spiro atoms. The molecule has 4 unspecified atom stereocenters. The van der Waals surface area contributed by atoms with Crippen molar-refractivity contribution in [2.45, 2.75) is 45.6 Å². The van der Waals surface area contributed by atoms with E-state index in [4.69, 9.17) is 4.74 Å². The first kappa shape index (κ1) is 12.7. The Bertz CT molecular complexity index is 319. The Labute approximate surface area is 111 Å². The zero-order valence-corrected chi connectivity index (χ0v) is 11.8. The second-order valence-corrected chi connectivity index (χ2v) is 7.04. The van der Waals surface area contributed by atoms with Crippen LogP contribution < -0.4 is 5.32 Å². The number of rotatable bonds is 4. The van der Waals surface area contributed by atoms with Crippen LogP contribution in [0.3, 0.4) is 0 Å². The van der Waals surface area contributed by atoms with Gasteiger partial charge in [0.15, 0.2) is 0 Å². The van der Waals surface area contributed by atoms with Crippen molar-refractivity contribution in [2.75, 3.05) is 19.8 Å². The van der Waals surface area contributed by atoms with Crippen molar-refractivity contribution in [3.63, 3.8) is 0 Å². The van der Waals surface area contributed by atoms with E-state index in [-0.39, 0.29) is 0 Å². The zero-order valence-electron chi connectivity index (χ0n) is 11.8. The summed E-state index contributed by atoms with van der Waals surface area (Å²) in [5.74, 6) is 2.63. The summed E-state index contributed by atoms with van der Waals surface area (Å²) in [6, 6.07) is 0.671. The van der Waals surface area contributed by atoms with Gasteiger partial charge in [0.2, 0.25) is 0 Å². The molecule has 0 aromatic rings. The Morgan fingerprint density at radius 2 is 2.06 bits per heavy atom. The van der Waals surface area contributed by atoms with Gasteiger partial charge in [-0.05, 0) is 55.8 Å². The lowest BCUT2D eigenvalue weighted by Gasteiger charge is -2.36. The third-order valence-corrected chi connectivity index (χ3v) is 5.52. The summed E-state index contributed by atoms with van der Waals surface area (Å²) in [7, 11) is 0. The molecule has 2 bridgehead atoms. The number of nitrogens with one attached hydrogen (secondary N) is 1. The van der Waals surface area contributed by atoms with Crippen molar-refractivity contribution >= 4 is 0 Å². The Balaban J connectivity index is 1.49. The monoisotopic (exact) mass is 249 g/mol. The Kier molecular flexibility index (Phi) is 3.50. The minimum Gasteiger partial charge on any atom is -0.381 e. The molecule has 2 nitrogen and oxygen atoms in total. The Morgan fingerprint density at radius 1 is 1.28 bits per heavy atom. The molecular weight excluding hydrogens is 222 g/mol. The average molecular weight is 249 g/mol. The van der Waals surface area contributed by atoms with Crippen LogP contribution in [0.2, 0.25) is 0 Å². The predicted molar refractivity (Wildman–Crippen MR) is 74.5 cm³/mol. The SMILES string of the molecule is CC(NCC1(C)CCOCC1)C1CC2C=CC1C2. The fraction of sp³-hybridized carbons (Fsp3) is 0.875. The molecule has 3 rings (SSSR count). The van der Waals surface area contributed by atoms with E-state index in [2.05, 4.69) is 31.3 Å². The molecule has 0 amide bonds. The van der Waals surface area contributed by atoms with E-state index in [1.807, 2.05) is 0 Å². The molecule has 0 radical (unpaired) electrons. The molecule has 3 aliphatic rings. The molecule has 18 heavy (non-hydrogen) atoms. The van der Waals surface area contributed by atoms with Crippen molar-refractivity contribution < 1.29 is 4.74 Å². The van der Waals surface area contributed by atoms with Gasteiger partial charge in [0, 0.05) is 25.8 Å². The highest BCUT2D eigenvalue weighted by Crippen LogP contribution is 2.45. The van der Waals surface area contributed by atoms with Crippen LogP contribution in [0.1, 0.15) is 39.5 Å². The van der Waals surface area contributed by atoms with E-state index in [9.17, 15) is 0 Å². The number of fused-ring (bicyclic) bond motifs is 2. The van der Waals surface area contributed by atoms with Crippen LogP contribution in [0, 0.1) is 23.2 Å². The van der Waals surface area contributed by atoms with Gasteiger partial charge in [-0.25, -0.2) is 0 Å². The van der Waals surface area contributed by atoms with E-state index in [1.54, 1.807) is 0 Å². The van der Waals surface area contributed by atoms with Crippen molar-refractivity contribution in [1.29, 1.82) is 0 Å². The molecule has 2 aliphatic carbocycles. The minimum atomic E-state index is 0.458. The molecule has 0 aromatic heterocycles. The summed E-state index contributed by atoms with van der Waals surface area (Å²) < 4.78 is 5.47. The van der Waals surface area contributed by atoms with Crippen LogP contribution in [0.5, 0.6) is 0 Å². The normalized spacial score (nSPS) is 39.1. The first-order valence-electron chi connectivity index (χ1n) is 7.66. The quantitative estimate of drug-likeness (QED) is 0.773. The van der Waals surface area contributed by atoms with Gasteiger partial charge in [0.25, 0.3) is 0 Å². The summed E-state index contributed by atoms with van der Waals surface area (Å²) in [5, 5.41) is 3.83. The maximum Gasteiger partial charge on any atom is 0.0471 e. The van der Waals surface area contributed by atoms with Gasteiger partial charge in [-0.1, -0.05) is 19.1 Å². The molecule has 1 aliphatic heterocycles. The third-order valence-electron chi connectivity index (χ3n) is 5.52. The van der Waals surface area contributed by atoms with Gasteiger partial charge in [-0.2, -0.15) is 0 Å². The molecule has 1 N–H and O–H groups in total. The van der Waals surface area contributed by atoms with Gasteiger partial charge in [-0.3, -0.25) is 0 Å². The molecule has 2 fully saturated rings. The van der Waals surface area contributed by atoms with Crippen molar-refractivity contribution in [3.05, 3.63) is 12.2 Å². The van der Waals surface area contributed by atoms with Gasteiger partial charge in [0.1, 0.15) is 0 Å². The van der Waals surface area contributed by atoms with Gasteiger partial charge in [0.05, 0.1) is 0 Å². The summed E-state index contributed by atoms with van der Waals surface area (Å²) in [4.78, 5) is 0. The lowest BCUT2D eigenvalue weighted by Crippen LogP contribution is -2.43. The van der Waals surface area contributed by atoms with Crippen molar-refractivity contribution in [1.82, 2.24) is 5.32 Å². The molecule has 1 saturated heterocycles. The highest BCUT2D eigenvalue weighted by Gasteiger charge is 2.39. The standard InChI is InChI=1S/C16H27NO/c1-12(15-10-13-3-4-14(15)9-13)17-11-16(2)5-7-18-8-6-16/h3-4,12-15,17H,5-11H2,1-2H3. The summed E-state index contributed by atoms with van der Waals surface area (Å²) >= 11 is 0. The number of ether oxygens (including phenoxy) is 1. The van der Waals surface area contributed by atoms with Gasteiger partial charge in [-0.15, -0.1) is 0 Å². The molecule has 4 atom stereocenters. The first-order chi connectivity index (χ1) is 8.66. The fourth-order valence-corrected chi connectivity index (χ4v) is 4.00. The maximum absolute atomic E-state index is 5.47. The number of hydrogen-bond acceptors (Lipinski definition) is 2. The molecule has 2 heteroatoms. The Morgan fingerprint density at radius 3 is 2.67 bits per heavy atom. The average Bonchev–Trinajstić information content (AvgIpc) is 2.99. The molecule has 1 saturated carbocycles. The van der Waals surface area contributed by atoms with E-state index in [0.717, 1.165) is 37.5 Å². The van der Waals surface area contributed by atoms with Crippen LogP contribution >= 0.6 is 0 Å². The second kappa shape index (κ2) is 4.97. The summed E-state index contributed by atoms with van der Waals surface area (Å²) in [6.45, 7) is 7.86. The lowest BCUT2D eigenvalue weighted by atomic mass is 9.81. The van der Waals surface area contributed by atoms with Crippen molar-refractivity contribution in [3.8, 4) is 0 Å². The van der Waals surface area contributed by atoms with Crippen LogP contribution in [0.4, 0.5) is 0 Å². The summed E-state index contributed by atoms with van der Waals surface area (Å²) in [5.41, 5.74) is 0.458. The molecule has 0 aromatic carbocycles. The zero-order chi connectivity index (χ0) is 12.6. The summed E-state index contributed by atoms with van der Waals surface area (Å²) in [6.07, 6.45) is 10.2. The number of hydrogen-bond donors (Lipinski definition) is 1. The second-order valence-electron chi connectivity index (χ2n) is 7.04. The first-order valence-corrected chi connectivity index (χ1v) is 7.66. The van der Waals surface area contributed by atoms with E-state index in [1.165, 1.54) is 25.7 Å². The van der Waals surface area contributed by atoms with Crippen LogP contribution in [-0.2, 0) is 4.74 Å².